The Bertz CT molecular complexity index is 1200. The summed E-state index contributed by atoms with van der Waals surface area (Å²) in [5.41, 5.74) is 5.64. The molecule has 0 aliphatic rings. The molecule has 1 heterocycles. The normalized spacial score (nSPS) is 10.8. The zero-order valence-corrected chi connectivity index (χ0v) is 17.6. The number of aromatic nitrogens is 1. The first-order valence-corrected chi connectivity index (χ1v) is 10.2. The molecule has 0 aliphatic carbocycles. The topological polar surface area (TPSA) is 64.8 Å². The summed E-state index contributed by atoms with van der Waals surface area (Å²) in [5.74, 6) is 0.846. The summed E-state index contributed by atoms with van der Waals surface area (Å²) < 4.78 is 13.4. The first kappa shape index (κ1) is 20.9. The molecular weight excluding hydrogens is 402 g/mol. The van der Waals surface area contributed by atoms with Crippen LogP contribution in [0.4, 0.5) is 0 Å². The largest absolute Gasteiger partial charge is 0.493 e. The summed E-state index contributed by atoms with van der Waals surface area (Å²) in [7, 11) is 1.59. The molecule has 0 unspecified atom stereocenters. The van der Waals surface area contributed by atoms with E-state index in [4.69, 9.17) is 9.47 Å². The number of rotatable bonds is 8. The molecule has 0 radical (unpaired) electrons. The van der Waals surface area contributed by atoms with E-state index in [-0.39, 0.29) is 5.91 Å². The number of para-hydroxylation sites is 2. The number of hydrogen-bond donors (Lipinski definition) is 1. The first-order chi connectivity index (χ1) is 15.8. The second-order valence-electron chi connectivity index (χ2n) is 6.96. The van der Waals surface area contributed by atoms with Crippen LogP contribution in [0.25, 0.3) is 5.69 Å². The van der Waals surface area contributed by atoms with E-state index >= 15 is 0 Å². The maximum atomic E-state index is 12.8. The molecular formula is C26H23N3O3. The fourth-order valence-corrected chi connectivity index (χ4v) is 3.29. The zero-order chi connectivity index (χ0) is 22.2. The van der Waals surface area contributed by atoms with Gasteiger partial charge in [-0.3, -0.25) is 4.79 Å². The standard InChI is InChI=1S/C26H23N3O3/c1-31-24-15-9-12-21(25(24)32-19-20-10-3-2-4-11-20)18-27-28-26(30)22-13-5-6-14-23(22)29-16-7-8-17-29/h2-18H,19H2,1H3,(H,28,30)/b27-18-. The summed E-state index contributed by atoms with van der Waals surface area (Å²) in [5, 5.41) is 4.16. The van der Waals surface area contributed by atoms with Gasteiger partial charge in [0.25, 0.3) is 5.91 Å². The van der Waals surface area contributed by atoms with Crippen LogP contribution >= 0.6 is 0 Å². The van der Waals surface area contributed by atoms with Crippen LogP contribution < -0.4 is 14.9 Å². The van der Waals surface area contributed by atoms with Gasteiger partial charge in [0.05, 0.1) is 24.6 Å². The molecule has 1 N–H and O–H groups in total. The number of hydrogen-bond acceptors (Lipinski definition) is 4. The third kappa shape index (κ3) is 4.87. The molecule has 32 heavy (non-hydrogen) atoms. The predicted molar refractivity (Wildman–Crippen MR) is 125 cm³/mol. The number of benzene rings is 3. The number of hydrazone groups is 1. The van der Waals surface area contributed by atoms with Crippen LogP contribution in [0.5, 0.6) is 11.5 Å². The minimum Gasteiger partial charge on any atom is -0.493 e. The lowest BCUT2D eigenvalue weighted by atomic mass is 10.1. The fraction of sp³-hybridized carbons (Fsp3) is 0.0769. The fourth-order valence-electron chi connectivity index (χ4n) is 3.29. The van der Waals surface area contributed by atoms with Gasteiger partial charge in [-0.1, -0.05) is 48.5 Å². The third-order valence-corrected chi connectivity index (χ3v) is 4.86. The van der Waals surface area contributed by atoms with Crippen LogP contribution in [-0.4, -0.2) is 23.8 Å². The molecule has 0 atom stereocenters. The average Bonchev–Trinajstić information content (AvgIpc) is 3.38. The van der Waals surface area contributed by atoms with E-state index in [1.54, 1.807) is 19.4 Å². The Hall–Kier alpha value is -4.32. The van der Waals surface area contributed by atoms with Crippen molar-refractivity contribution in [2.24, 2.45) is 5.10 Å². The van der Waals surface area contributed by atoms with Crippen LogP contribution in [0, 0.1) is 0 Å². The Kier molecular flexibility index (Phi) is 6.63. The predicted octanol–water partition coefficient (Wildman–Crippen LogP) is 4.83. The number of amides is 1. The van der Waals surface area contributed by atoms with E-state index < -0.39 is 0 Å². The Morgan fingerprint density at radius 2 is 1.69 bits per heavy atom. The van der Waals surface area contributed by atoms with Crippen molar-refractivity contribution in [3.8, 4) is 17.2 Å². The van der Waals surface area contributed by atoms with E-state index in [1.807, 2.05) is 95.8 Å². The molecule has 3 aromatic carbocycles. The Balaban J connectivity index is 1.51. The van der Waals surface area contributed by atoms with E-state index in [2.05, 4.69) is 10.5 Å². The molecule has 1 aromatic heterocycles. The molecule has 0 spiro atoms. The van der Waals surface area contributed by atoms with Crippen molar-refractivity contribution in [2.45, 2.75) is 6.61 Å². The van der Waals surface area contributed by atoms with Gasteiger partial charge in [-0.15, -0.1) is 0 Å². The quantitative estimate of drug-likeness (QED) is 0.325. The second kappa shape index (κ2) is 10.1. The summed E-state index contributed by atoms with van der Waals surface area (Å²) in [6, 6.07) is 26.6. The van der Waals surface area contributed by atoms with Crippen LogP contribution in [-0.2, 0) is 6.61 Å². The molecule has 6 heteroatoms. The van der Waals surface area contributed by atoms with E-state index in [1.165, 1.54) is 0 Å². The van der Waals surface area contributed by atoms with Crippen molar-refractivity contribution in [2.75, 3.05) is 7.11 Å². The highest BCUT2D eigenvalue weighted by Gasteiger charge is 2.12. The number of ether oxygens (including phenoxy) is 2. The van der Waals surface area contributed by atoms with Gasteiger partial charge in [0.1, 0.15) is 6.61 Å². The molecule has 0 bridgehead atoms. The molecule has 4 aromatic rings. The van der Waals surface area contributed by atoms with E-state index in [0.29, 0.717) is 29.2 Å². The summed E-state index contributed by atoms with van der Waals surface area (Å²) in [4.78, 5) is 12.8. The molecule has 4 rings (SSSR count). The van der Waals surface area contributed by atoms with Gasteiger partial charge in [0.2, 0.25) is 0 Å². The maximum Gasteiger partial charge on any atom is 0.273 e. The van der Waals surface area contributed by atoms with Crippen LogP contribution in [0.15, 0.2) is 102 Å². The number of nitrogens with one attached hydrogen (secondary N) is 1. The van der Waals surface area contributed by atoms with Crippen LogP contribution in [0.3, 0.4) is 0 Å². The van der Waals surface area contributed by atoms with Gasteiger partial charge in [0, 0.05) is 18.0 Å². The highest BCUT2D eigenvalue weighted by atomic mass is 16.5. The first-order valence-electron chi connectivity index (χ1n) is 10.2. The number of nitrogens with zero attached hydrogens (tertiary/aromatic N) is 2. The number of carbonyl (C=O) groups excluding carboxylic acids is 1. The maximum absolute atomic E-state index is 12.8. The van der Waals surface area contributed by atoms with Gasteiger partial charge in [-0.05, 0) is 42.0 Å². The van der Waals surface area contributed by atoms with E-state index in [0.717, 1.165) is 11.3 Å². The van der Waals surface area contributed by atoms with Crippen molar-refractivity contribution < 1.29 is 14.3 Å². The lowest BCUT2D eigenvalue weighted by molar-refractivity contribution is 0.0955. The molecule has 1 amide bonds. The smallest absolute Gasteiger partial charge is 0.273 e. The molecule has 0 aliphatic heterocycles. The van der Waals surface area contributed by atoms with Crippen molar-refractivity contribution in [3.05, 3.63) is 114 Å². The van der Waals surface area contributed by atoms with Crippen molar-refractivity contribution in [1.82, 2.24) is 9.99 Å². The van der Waals surface area contributed by atoms with E-state index in [9.17, 15) is 4.79 Å². The zero-order valence-electron chi connectivity index (χ0n) is 17.6. The van der Waals surface area contributed by atoms with Gasteiger partial charge in [-0.25, -0.2) is 5.43 Å². The molecule has 6 nitrogen and oxygen atoms in total. The van der Waals surface area contributed by atoms with Crippen molar-refractivity contribution in [3.63, 3.8) is 0 Å². The monoisotopic (exact) mass is 425 g/mol. The number of methoxy groups -OCH3 is 1. The van der Waals surface area contributed by atoms with Gasteiger partial charge >= 0.3 is 0 Å². The van der Waals surface area contributed by atoms with Crippen LogP contribution in [0.2, 0.25) is 0 Å². The summed E-state index contributed by atoms with van der Waals surface area (Å²) in [6.07, 6.45) is 5.34. The minimum atomic E-state index is -0.305. The Labute approximate surface area is 186 Å². The SMILES string of the molecule is COc1cccc(/C=N\NC(=O)c2ccccc2-n2cccc2)c1OCc1ccccc1. The third-order valence-electron chi connectivity index (χ3n) is 4.86. The average molecular weight is 425 g/mol. The van der Waals surface area contributed by atoms with Crippen molar-refractivity contribution in [1.29, 1.82) is 0 Å². The molecule has 0 saturated carbocycles. The lowest BCUT2D eigenvalue weighted by Gasteiger charge is -2.13. The second-order valence-corrected chi connectivity index (χ2v) is 6.96. The molecule has 160 valence electrons. The molecule has 0 saturated heterocycles. The Morgan fingerprint density at radius 3 is 2.47 bits per heavy atom. The van der Waals surface area contributed by atoms with Crippen molar-refractivity contribution >= 4 is 12.1 Å². The van der Waals surface area contributed by atoms with Gasteiger partial charge < -0.3 is 14.0 Å². The minimum absolute atomic E-state index is 0.305. The summed E-state index contributed by atoms with van der Waals surface area (Å²) >= 11 is 0. The molecule has 0 fully saturated rings. The Morgan fingerprint density at radius 1 is 0.938 bits per heavy atom. The lowest BCUT2D eigenvalue weighted by Crippen LogP contribution is -2.19. The highest BCUT2D eigenvalue weighted by Crippen LogP contribution is 2.30. The summed E-state index contributed by atoms with van der Waals surface area (Å²) in [6.45, 7) is 0.388. The number of carbonyl (C=O) groups is 1. The van der Waals surface area contributed by atoms with Gasteiger partial charge in [0.15, 0.2) is 11.5 Å². The van der Waals surface area contributed by atoms with Crippen LogP contribution in [0.1, 0.15) is 21.5 Å². The van der Waals surface area contributed by atoms with Gasteiger partial charge in [-0.2, -0.15) is 5.10 Å². The highest BCUT2D eigenvalue weighted by molar-refractivity contribution is 5.98.